The van der Waals surface area contributed by atoms with E-state index in [1.807, 2.05) is 0 Å². The van der Waals surface area contributed by atoms with Crippen LogP contribution in [0.4, 0.5) is 0 Å². The van der Waals surface area contributed by atoms with E-state index in [1.165, 1.54) is 0 Å². The van der Waals surface area contributed by atoms with Crippen LogP contribution >= 0.6 is 0 Å². The molecule has 18 heavy (non-hydrogen) atoms. The van der Waals surface area contributed by atoms with E-state index >= 15 is 0 Å². The molecule has 11 nitrogen and oxygen atoms in total. The fourth-order valence-corrected chi connectivity index (χ4v) is 0.684. The number of rotatable bonds is 5. The Labute approximate surface area is 130 Å². The maximum absolute atomic E-state index is 10.1. The minimum absolute atomic E-state index is 0. The molecule has 0 aromatic rings. The Balaban J connectivity index is -0.0000000720. The summed E-state index contributed by atoms with van der Waals surface area (Å²) in [7, 11) is 0. The summed E-state index contributed by atoms with van der Waals surface area (Å²) in [6.07, 6.45) is -2.72. The molecule has 0 rings (SSSR count). The molecule has 0 bridgehead atoms. The van der Waals surface area contributed by atoms with E-state index in [4.69, 9.17) is 5.11 Å². The van der Waals surface area contributed by atoms with Gasteiger partial charge in [0.1, 0.15) is 5.60 Å². The molecule has 0 aliphatic rings. The number of carboxylic acid groups (broad SMARTS) is 3. The van der Waals surface area contributed by atoms with Gasteiger partial charge in [0.05, 0.1) is 5.97 Å². The van der Waals surface area contributed by atoms with Gasteiger partial charge in [0.2, 0.25) is 0 Å². The van der Waals surface area contributed by atoms with E-state index in [9.17, 15) is 29.7 Å². The van der Waals surface area contributed by atoms with Crippen molar-refractivity contribution < 1.29 is 94.0 Å². The SMILES string of the molecule is O.O.O.O.O=C([O-])CC(O)(CC(=O)[O-])C(=O)[O-].[Er+3]. The summed E-state index contributed by atoms with van der Waals surface area (Å²) in [4.78, 5) is 30.0. The van der Waals surface area contributed by atoms with Gasteiger partial charge in [-0.2, -0.15) is 0 Å². The van der Waals surface area contributed by atoms with Crippen molar-refractivity contribution in [2.45, 2.75) is 18.4 Å². The van der Waals surface area contributed by atoms with E-state index in [1.54, 1.807) is 0 Å². The zero-order valence-corrected chi connectivity index (χ0v) is 10.5. The molecule has 0 aromatic heterocycles. The number of hydrogen-bond acceptors (Lipinski definition) is 7. The first kappa shape index (κ1) is 36.0. The second kappa shape index (κ2) is 14.5. The van der Waals surface area contributed by atoms with Gasteiger partial charge in [0, 0.05) is 24.8 Å². The molecule has 0 amide bonds. The molecule has 9 N–H and O–H groups in total. The summed E-state index contributed by atoms with van der Waals surface area (Å²) in [5, 5.41) is 38.9. The first-order chi connectivity index (χ1) is 5.78. The molecule has 0 heterocycles. The predicted octanol–water partition coefficient (Wildman–Crippen LogP) is -8.55. The Morgan fingerprint density at radius 1 is 0.833 bits per heavy atom. The molecule has 0 atom stereocenters. The van der Waals surface area contributed by atoms with Crippen LogP contribution in [0.15, 0.2) is 0 Å². The van der Waals surface area contributed by atoms with Crippen LogP contribution in [0.5, 0.6) is 0 Å². The summed E-state index contributed by atoms with van der Waals surface area (Å²) >= 11 is 0. The van der Waals surface area contributed by atoms with Crippen LogP contribution in [-0.2, 0) is 14.4 Å². The van der Waals surface area contributed by atoms with Crippen molar-refractivity contribution in [1.82, 2.24) is 0 Å². The topological polar surface area (TPSA) is 267 Å². The number of aliphatic carboxylic acids is 3. The van der Waals surface area contributed by atoms with Gasteiger partial charge in [-0.1, -0.05) is 0 Å². The fourth-order valence-electron chi connectivity index (χ4n) is 0.684. The summed E-state index contributed by atoms with van der Waals surface area (Å²) in [6.45, 7) is 0. The minimum atomic E-state index is -2.97. The molecule has 1 radical (unpaired) electrons. The van der Waals surface area contributed by atoms with Crippen LogP contribution in [-0.4, -0.2) is 50.5 Å². The number of carbonyl (C=O) groups is 3. The van der Waals surface area contributed by atoms with Gasteiger partial charge in [0.25, 0.3) is 0 Å². The average molecular weight is 428 g/mol. The van der Waals surface area contributed by atoms with Crippen LogP contribution in [0.3, 0.4) is 0 Å². The van der Waals surface area contributed by atoms with Crippen molar-refractivity contribution in [2.24, 2.45) is 0 Å². The maximum Gasteiger partial charge on any atom is 3.00 e. The van der Waals surface area contributed by atoms with E-state index in [-0.39, 0.29) is 59.2 Å². The fraction of sp³-hybridized carbons (Fsp3) is 0.500. The van der Waals surface area contributed by atoms with Gasteiger partial charge in [-0.05, 0) is 0 Å². The second-order valence-corrected chi connectivity index (χ2v) is 2.42. The van der Waals surface area contributed by atoms with Crippen molar-refractivity contribution >= 4 is 17.9 Å². The van der Waals surface area contributed by atoms with Crippen LogP contribution in [0, 0.1) is 37.3 Å². The third kappa shape index (κ3) is 13.5. The molecule has 0 saturated heterocycles. The maximum atomic E-state index is 10.1. The molecule has 0 aliphatic heterocycles. The Morgan fingerprint density at radius 2 is 1.06 bits per heavy atom. The molecule has 0 spiro atoms. The standard InChI is InChI=1S/C6H8O7.Er.4H2O/c7-3(8)1-6(13,5(11)12)2-4(9)10;;;;;/h13H,1-2H2,(H,7,8)(H,9,10)(H,11,12);;4*1H2/q;+3;;;;/p-3. The number of aliphatic hydroxyl groups is 1. The van der Waals surface area contributed by atoms with Crippen molar-refractivity contribution in [3.63, 3.8) is 0 Å². The van der Waals surface area contributed by atoms with Crippen molar-refractivity contribution in [3.05, 3.63) is 0 Å². The van der Waals surface area contributed by atoms with E-state index < -0.39 is 36.4 Å². The zero-order valence-electron chi connectivity index (χ0n) is 8.60. The second-order valence-electron chi connectivity index (χ2n) is 2.42. The molecule has 0 aromatic carbocycles. The number of carboxylic acids is 3. The van der Waals surface area contributed by atoms with E-state index in [0.717, 1.165) is 0 Å². The molecule has 12 heteroatoms. The van der Waals surface area contributed by atoms with Gasteiger partial charge < -0.3 is 56.7 Å². The van der Waals surface area contributed by atoms with Gasteiger partial charge in [-0.15, -0.1) is 0 Å². The van der Waals surface area contributed by atoms with Crippen molar-refractivity contribution in [1.29, 1.82) is 0 Å². The van der Waals surface area contributed by atoms with Crippen LogP contribution < -0.4 is 15.3 Å². The van der Waals surface area contributed by atoms with Crippen LogP contribution in [0.25, 0.3) is 0 Å². The normalized spacial score (nSPS) is 7.83. The first-order valence-corrected chi connectivity index (χ1v) is 3.11. The molecule has 115 valence electrons. The van der Waals surface area contributed by atoms with Gasteiger partial charge in [-0.25, -0.2) is 0 Å². The Kier molecular flexibility index (Phi) is 29.1. The molecular weight excluding hydrogens is 415 g/mol. The zero-order chi connectivity index (χ0) is 10.6. The number of carbonyl (C=O) groups excluding carboxylic acids is 3. The summed E-state index contributed by atoms with van der Waals surface area (Å²) in [5.41, 5.74) is -2.97. The summed E-state index contributed by atoms with van der Waals surface area (Å²) in [5.74, 6) is -5.98. The Bertz CT molecular complexity index is 236. The molecule has 0 saturated carbocycles. The van der Waals surface area contributed by atoms with Crippen molar-refractivity contribution in [3.8, 4) is 0 Å². The Morgan fingerprint density at radius 3 is 1.17 bits per heavy atom. The summed E-state index contributed by atoms with van der Waals surface area (Å²) in [6, 6.07) is 0. The van der Waals surface area contributed by atoms with E-state index in [2.05, 4.69) is 0 Å². The monoisotopic (exact) mass is 427 g/mol. The largest absolute Gasteiger partial charge is 3.00 e. The molecular formula is C6H13ErO11. The van der Waals surface area contributed by atoms with E-state index in [0.29, 0.717) is 0 Å². The molecule has 0 fully saturated rings. The smallest absolute Gasteiger partial charge is 0.550 e. The first-order valence-electron chi connectivity index (χ1n) is 3.11. The third-order valence-electron chi connectivity index (χ3n) is 1.25. The van der Waals surface area contributed by atoms with Gasteiger partial charge >= 0.3 is 37.3 Å². The third-order valence-corrected chi connectivity index (χ3v) is 1.25. The minimum Gasteiger partial charge on any atom is -0.550 e. The molecule has 0 unspecified atom stereocenters. The van der Waals surface area contributed by atoms with Crippen molar-refractivity contribution in [2.75, 3.05) is 0 Å². The quantitative estimate of drug-likeness (QED) is 0.441. The summed E-state index contributed by atoms with van der Waals surface area (Å²) < 4.78 is 0. The van der Waals surface area contributed by atoms with Crippen LogP contribution in [0.1, 0.15) is 12.8 Å². The van der Waals surface area contributed by atoms with Crippen LogP contribution in [0.2, 0.25) is 0 Å². The van der Waals surface area contributed by atoms with Gasteiger partial charge in [0.15, 0.2) is 0 Å². The average Bonchev–Trinajstić information content (AvgIpc) is 1.82. The number of hydrogen-bond donors (Lipinski definition) is 1. The van der Waals surface area contributed by atoms with Gasteiger partial charge in [-0.3, -0.25) is 0 Å². The Hall–Kier alpha value is -0.543. The molecule has 0 aliphatic carbocycles. The predicted molar refractivity (Wildman–Crippen MR) is 43.7 cm³/mol.